The summed E-state index contributed by atoms with van der Waals surface area (Å²) in [6.07, 6.45) is 1.94. The molecule has 114 valence electrons. The van der Waals surface area contributed by atoms with Crippen molar-refractivity contribution in [2.24, 2.45) is 0 Å². The lowest BCUT2D eigenvalue weighted by molar-refractivity contribution is -0.117. The predicted octanol–water partition coefficient (Wildman–Crippen LogP) is 3.82. The highest BCUT2D eigenvalue weighted by Gasteiger charge is 2.21. The van der Waals surface area contributed by atoms with Gasteiger partial charge in [0.05, 0.1) is 6.04 Å². The fourth-order valence-corrected chi connectivity index (χ4v) is 2.51. The van der Waals surface area contributed by atoms with Crippen LogP contribution in [0.25, 0.3) is 0 Å². The molecule has 1 saturated heterocycles. The van der Waals surface area contributed by atoms with E-state index in [0.29, 0.717) is 10.8 Å². The summed E-state index contributed by atoms with van der Waals surface area (Å²) in [5, 5.41) is 6.76. The van der Waals surface area contributed by atoms with Crippen molar-refractivity contribution in [1.82, 2.24) is 5.32 Å². The fraction of sp³-hybridized carbons (Fsp3) is 0.235. The maximum Gasteiger partial charge on any atom is 0.241 e. The molecule has 0 spiro atoms. The first kappa shape index (κ1) is 14.9. The standard InChI is InChI=1S/C17H17ClN2O2/c18-12-3-7-14(8-4-12)22-15-9-5-13(6-10-15)20-17(21)16-2-1-11-19-16/h3-10,16,19H,1-2,11H2,(H,20,21)/t16-/m0/s1. The average Bonchev–Trinajstić information content (AvgIpc) is 3.06. The molecule has 1 amide bonds. The van der Waals surface area contributed by atoms with Crippen molar-refractivity contribution in [3.05, 3.63) is 53.6 Å². The molecule has 1 heterocycles. The van der Waals surface area contributed by atoms with Crippen LogP contribution in [0.4, 0.5) is 5.69 Å². The molecule has 22 heavy (non-hydrogen) atoms. The normalized spacial score (nSPS) is 17.2. The molecule has 0 saturated carbocycles. The molecule has 0 unspecified atom stereocenters. The lowest BCUT2D eigenvalue weighted by atomic mass is 10.2. The van der Waals surface area contributed by atoms with E-state index in [1.807, 2.05) is 36.4 Å². The highest BCUT2D eigenvalue weighted by Crippen LogP contribution is 2.24. The van der Waals surface area contributed by atoms with E-state index in [9.17, 15) is 4.79 Å². The van der Waals surface area contributed by atoms with E-state index in [1.165, 1.54) is 0 Å². The third-order valence-corrected chi connectivity index (χ3v) is 3.80. The zero-order chi connectivity index (χ0) is 15.4. The third kappa shape index (κ3) is 3.78. The summed E-state index contributed by atoms with van der Waals surface area (Å²) in [4.78, 5) is 12.0. The Kier molecular flexibility index (Phi) is 4.61. The van der Waals surface area contributed by atoms with E-state index in [0.717, 1.165) is 30.8 Å². The summed E-state index contributed by atoms with van der Waals surface area (Å²) in [5.74, 6) is 1.44. The molecular weight excluding hydrogens is 300 g/mol. The van der Waals surface area contributed by atoms with Gasteiger partial charge in [-0.25, -0.2) is 0 Å². The minimum Gasteiger partial charge on any atom is -0.457 e. The Morgan fingerprint density at radius 2 is 1.73 bits per heavy atom. The average molecular weight is 317 g/mol. The van der Waals surface area contributed by atoms with Crippen molar-refractivity contribution < 1.29 is 9.53 Å². The van der Waals surface area contributed by atoms with Crippen molar-refractivity contribution in [2.75, 3.05) is 11.9 Å². The maximum absolute atomic E-state index is 12.0. The fourth-order valence-electron chi connectivity index (χ4n) is 2.38. The Labute approximate surface area is 134 Å². The molecule has 0 bridgehead atoms. The number of ether oxygens (including phenoxy) is 1. The Hall–Kier alpha value is -2.04. The molecule has 0 aliphatic carbocycles. The van der Waals surface area contributed by atoms with E-state index in [2.05, 4.69) is 10.6 Å². The van der Waals surface area contributed by atoms with Crippen LogP contribution < -0.4 is 15.4 Å². The first-order valence-electron chi connectivity index (χ1n) is 7.28. The molecule has 1 fully saturated rings. The monoisotopic (exact) mass is 316 g/mol. The molecule has 3 rings (SSSR count). The minimum atomic E-state index is -0.0787. The lowest BCUT2D eigenvalue weighted by Gasteiger charge is -2.11. The number of rotatable bonds is 4. The molecule has 1 atom stereocenters. The van der Waals surface area contributed by atoms with Crippen LogP contribution in [0.2, 0.25) is 5.02 Å². The molecular formula is C17H17ClN2O2. The predicted molar refractivity (Wildman–Crippen MR) is 87.6 cm³/mol. The van der Waals surface area contributed by atoms with E-state index in [1.54, 1.807) is 12.1 Å². The largest absolute Gasteiger partial charge is 0.457 e. The van der Waals surface area contributed by atoms with Crippen molar-refractivity contribution >= 4 is 23.2 Å². The first-order valence-corrected chi connectivity index (χ1v) is 7.66. The van der Waals surface area contributed by atoms with Gasteiger partial charge in [-0.1, -0.05) is 11.6 Å². The second-order valence-corrected chi connectivity index (χ2v) is 5.65. The Morgan fingerprint density at radius 3 is 2.32 bits per heavy atom. The van der Waals surface area contributed by atoms with Gasteiger partial charge in [-0.2, -0.15) is 0 Å². The Morgan fingerprint density at radius 1 is 1.09 bits per heavy atom. The molecule has 2 aromatic carbocycles. The van der Waals surface area contributed by atoms with Gasteiger partial charge in [-0.15, -0.1) is 0 Å². The lowest BCUT2D eigenvalue weighted by Crippen LogP contribution is -2.35. The van der Waals surface area contributed by atoms with Crippen LogP contribution in [0.15, 0.2) is 48.5 Å². The van der Waals surface area contributed by atoms with Gasteiger partial charge in [0, 0.05) is 10.7 Å². The first-order chi connectivity index (χ1) is 10.7. The van der Waals surface area contributed by atoms with Crippen molar-refractivity contribution in [3.8, 4) is 11.5 Å². The van der Waals surface area contributed by atoms with Gasteiger partial charge in [0.2, 0.25) is 5.91 Å². The topological polar surface area (TPSA) is 50.4 Å². The van der Waals surface area contributed by atoms with Gasteiger partial charge in [0.15, 0.2) is 0 Å². The molecule has 1 aliphatic rings. The molecule has 4 nitrogen and oxygen atoms in total. The number of nitrogens with one attached hydrogen (secondary N) is 2. The number of halogens is 1. The van der Waals surface area contributed by atoms with Gasteiger partial charge in [0.25, 0.3) is 0 Å². The summed E-state index contributed by atoms with van der Waals surface area (Å²) in [7, 11) is 0. The SMILES string of the molecule is O=C(Nc1ccc(Oc2ccc(Cl)cc2)cc1)[C@@H]1CCCN1. The highest BCUT2D eigenvalue weighted by molar-refractivity contribution is 6.30. The number of carbonyl (C=O) groups is 1. The summed E-state index contributed by atoms with van der Waals surface area (Å²) in [5.41, 5.74) is 0.766. The van der Waals surface area contributed by atoms with Crippen LogP contribution in [-0.2, 0) is 4.79 Å². The minimum absolute atomic E-state index is 0.0175. The van der Waals surface area contributed by atoms with Crippen molar-refractivity contribution in [1.29, 1.82) is 0 Å². The van der Waals surface area contributed by atoms with Crippen LogP contribution in [0, 0.1) is 0 Å². The molecule has 5 heteroatoms. The van der Waals surface area contributed by atoms with Crippen LogP contribution in [-0.4, -0.2) is 18.5 Å². The molecule has 0 radical (unpaired) electrons. The number of hydrogen-bond donors (Lipinski definition) is 2. The highest BCUT2D eigenvalue weighted by atomic mass is 35.5. The van der Waals surface area contributed by atoms with Gasteiger partial charge in [-0.3, -0.25) is 4.79 Å². The van der Waals surface area contributed by atoms with Crippen molar-refractivity contribution in [3.63, 3.8) is 0 Å². The van der Waals surface area contributed by atoms with Gasteiger partial charge < -0.3 is 15.4 Å². The number of amides is 1. The van der Waals surface area contributed by atoms with Crippen molar-refractivity contribution in [2.45, 2.75) is 18.9 Å². The number of anilines is 1. The van der Waals surface area contributed by atoms with Gasteiger partial charge in [0.1, 0.15) is 11.5 Å². The number of carbonyl (C=O) groups excluding carboxylic acids is 1. The van der Waals surface area contributed by atoms with E-state index < -0.39 is 0 Å². The smallest absolute Gasteiger partial charge is 0.241 e. The quantitative estimate of drug-likeness (QED) is 0.901. The van der Waals surface area contributed by atoms with E-state index in [4.69, 9.17) is 16.3 Å². The van der Waals surface area contributed by atoms with Gasteiger partial charge >= 0.3 is 0 Å². The second kappa shape index (κ2) is 6.81. The van der Waals surface area contributed by atoms with Crippen LogP contribution in [0.5, 0.6) is 11.5 Å². The van der Waals surface area contributed by atoms with Gasteiger partial charge in [-0.05, 0) is 67.9 Å². The summed E-state index contributed by atoms with van der Waals surface area (Å²) >= 11 is 5.84. The molecule has 1 aliphatic heterocycles. The molecule has 2 N–H and O–H groups in total. The van der Waals surface area contributed by atoms with Crippen LogP contribution in [0.3, 0.4) is 0 Å². The number of hydrogen-bond acceptors (Lipinski definition) is 3. The molecule has 2 aromatic rings. The summed E-state index contributed by atoms with van der Waals surface area (Å²) in [6, 6.07) is 14.4. The molecule has 0 aromatic heterocycles. The Bertz CT molecular complexity index is 635. The van der Waals surface area contributed by atoms with Crippen LogP contribution >= 0.6 is 11.6 Å². The Balaban J connectivity index is 1.60. The second-order valence-electron chi connectivity index (χ2n) is 5.22. The summed E-state index contributed by atoms with van der Waals surface area (Å²) < 4.78 is 5.71. The van der Waals surface area contributed by atoms with E-state index in [-0.39, 0.29) is 11.9 Å². The van der Waals surface area contributed by atoms with E-state index >= 15 is 0 Å². The van der Waals surface area contributed by atoms with Crippen LogP contribution in [0.1, 0.15) is 12.8 Å². The number of benzene rings is 2. The summed E-state index contributed by atoms with van der Waals surface area (Å²) in [6.45, 7) is 0.909. The third-order valence-electron chi connectivity index (χ3n) is 3.55. The zero-order valence-electron chi connectivity index (χ0n) is 12.0. The maximum atomic E-state index is 12.0. The zero-order valence-corrected chi connectivity index (χ0v) is 12.8.